The minimum absolute atomic E-state index is 0.407. The van der Waals surface area contributed by atoms with Crippen molar-refractivity contribution in [2.75, 3.05) is 13.7 Å². The lowest BCUT2D eigenvalue weighted by Crippen LogP contribution is -2.13. The number of halogens is 1. The molecule has 2 aromatic heterocycles. The molecule has 0 saturated carbocycles. The lowest BCUT2D eigenvalue weighted by Gasteiger charge is -2.11. The van der Waals surface area contributed by atoms with Crippen LogP contribution in [-0.4, -0.2) is 28.6 Å². The highest BCUT2D eigenvalue weighted by Gasteiger charge is 2.21. The normalized spacial score (nSPS) is 12.9. The Hall–Kier alpha value is -1.30. The zero-order chi connectivity index (χ0) is 12.3. The number of furan rings is 1. The number of rotatable bonds is 5. The van der Waals surface area contributed by atoms with Crippen LogP contribution in [0, 0.1) is 0 Å². The highest BCUT2D eigenvalue weighted by atomic mass is 35.5. The number of aromatic nitrogens is 2. The Kier molecular flexibility index (Phi) is 3.83. The molecule has 1 N–H and O–H groups in total. The first-order valence-electron chi connectivity index (χ1n) is 5.15. The Morgan fingerprint density at radius 1 is 1.65 bits per heavy atom. The van der Waals surface area contributed by atoms with Crippen LogP contribution in [0.25, 0.3) is 0 Å². The molecule has 0 fully saturated rings. The molecule has 1 atom stereocenters. The molecule has 1 unspecified atom stereocenters. The maximum Gasteiger partial charge on any atom is 0.155 e. The minimum atomic E-state index is -0.920. The van der Waals surface area contributed by atoms with Gasteiger partial charge in [-0.15, -0.1) is 0 Å². The van der Waals surface area contributed by atoms with Crippen LogP contribution >= 0.6 is 11.6 Å². The summed E-state index contributed by atoms with van der Waals surface area (Å²) < 4.78 is 11.7. The fourth-order valence-corrected chi connectivity index (χ4v) is 1.83. The Labute approximate surface area is 104 Å². The van der Waals surface area contributed by atoms with Gasteiger partial charge in [-0.05, 0) is 12.1 Å². The third-order valence-corrected chi connectivity index (χ3v) is 2.70. The SMILES string of the molecule is COCCn1ncc(Cl)c1C(O)c1ccco1. The second-order valence-corrected chi connectivity index (χ2v) is 3.92. The Morgan fingerprint density at radius 3 is 3.12 bits per heavy atom. The third-order valence-electron chi connectivity index (χ3n) is 2.41. The van der Waals surface area contributed by atoms with Gasteiger partial charge in [-0.25, -0.2) is 0 Å². The van der Waals surface area contributed by atoms with Crippen LogP contribution < -0.4 is 0 Å². The lowest BCUT2D eigenvalue weighted by atomic mass is 10.2. The first kappa shape index (κ1) is 12.2. The Morgan fingerprint density at radius 2 is 2.47 bits per heavy atom. The van der Waals surface area contributed by atoms with Crippen molar-refractivity contribution < 1.29 is 14.3 Å². The van der Waals surface area contributed by atoms with E-state index < -0.39 is 6.10 Å². The molecule has 0 aromatic carbocycles. The van der Waals surface area contributed by atoms with Crippen LogP contribution in [0.5, 0.6) is 0 Å². The van der Waals surface area contributed by atoms with Gasteiger partial charge in [-0.2, -0.15) is 5.10 Å². The van der Waals surface area contributed by atoms with Crippen LogP contribution in [0.3, 0.4) is 0 Å². The Bertz CT molecular complexity index is 467. The molecule has 0 spiro atoms. The van der Waals surface area contributed by atoms with Crippen LogP contribution in [0.2, 0.25) is 5.02 Å². The van der Waals surface area contributed by atoms with Gasteiger partial charge >= 0.3 is 0 Å². The first-order chi connectivity index (χ1) is 8.24. The third kappa shape index (κ3) is 2.52. The summed E-state index contributed by atoms with van der Waals surface area (Å²) in [6.07, 6.45) is 2.08. The second-order valence-electron chi connectivity index (χ2n) is 3.51. The summed E-state index contributed by atoms with van der Waals surface area (Å²) >= 11 is 6.01. The summed E-state index contributed by atoms with van der Waals surface area (Å²) in [4.78, 5) is 0. The van der Waals surface area contributed by atoms with Crippen molar-refractivity contribution in [3.8, 4) is 0 Å². The molecule has 0 radical (unpaired) electrons. The molecule has 5 nitrogen and oxygen atoms in total. The van der Waals surface area contributed by atoms with E-state index >= 15 is 0 Å². The van der Waals surface area contributed by atoms with E-state index in [-0.39, 0.29) is 0 Å². The molecule has 2 rings (SSSR count). The van der Waals surface area contributed by atoms with Crippen molar-refractivity contribution >= 4 is 11.6 Å². The number of methoxy groups -OCH3 is 1. The van der Waals surface area contributed by atoms with E-state index in [0.717, 1.165) is 0 Å². The van der Waals surface area contributed by atoms with E-state index in [1.807, 2.05) is 0 Å². The number of aliphatic hydroxyl groups excluding tert-OH is 1. The van der Waals surface area contributed by atoms with Gasteiger partial charge < -0.3 is 14.3 Å². The van der Waals surface area contributed by atoms with Gasteiger partial charge in [0, 0.05) is 7.11 Å². The smallest absolute Gasteiger partial charge is 0.155 e. The van der Waals surface area contributed by atoms with E-state index in [1.165, 1.54) is 12.5 Å². The van der Waals surface area contributed by atoms with Crippen LogP contribution in [0.1, 0.15) is 17.6 Å². The van der Waals surface area contributed by atoms with Crippen molar-refractivity contribution in [3.05, 3.63) is 41.1 Å². The fraction of sp³-hybridized carbons (Fsp3) is 0.364. The molecule has 0 amide bonds. The number of hydrogen-bond acceptors (Lipinski definition) is 4. The van der Waals surface area contributed by atoms with E-state index in [0.29, 0.717) is 29.6 Å². The molecule has 0 aliphatic rings. The molecule has 6 heteroatoms. The average Bonchev–Trinajstić information content (AvgIpc) is 2.95. The van der Waals surface area contributed by atoms with Crippen molar-refractivity contribution in [1.29, 1.82) is 0 Å². The summed E-state index contributed by atoms with van der Waals surface area (Å²) in [6.45, 7) is 1.02. The molecular weight excluding hydrogens is 244 g/mol. The van der Waals surface area contributed by atoms with E-state index in [2.05, 4.69) is 5.10 Å². The van der Waals surface area contributed by atoms with Crippen LogP contribution in [0.15, 0.2) is 29.0 Å². The zero-order valence-electron chi connectivity index (χ0n) is 9.34. The van der Waals surface area contributed by atoms with Gasteiger partial charge in [-0.3, -0.25) is 4.68 Å². The van der Waals surface area contributed by atoms with Crippen LogP contribution in [0.4, 0.5) is 0 Å². The molecular formula is C11H13ClN2O3. The van der Waals surface area contributed by atoms with E-state index in [1.54, 1.807) is 23.9 Å². The van der Waals surface area contributed by atoms with Crippen molar-refractivity contribution in [2.45, 2.75) is 12.6 Å². The topological polar surface area (TPSA) is 60.4 Å². The second kappa shape index (κ2) is 5.35. The Balaban J connectivity index is 2.27. The maximum atomic E-state index is 10.2. The quantitative estimate of drug-likeness (QED) is 0.887. The molecule has 2 heterocycles. The fourth-order valence-electron chi connectivity index (χ4n) is 1.58. The standard InChI is InChI=1S/C11H13ClN2O3/c1-16-6-4-14-10(8(12)7-13-14)11(15)9-3-2-5-17-9/h2-3,5,7,11,15H,4,6H2,1H3. The number of aliphatic hydroxyl groups is 1. The monoisotopic (exact) mass is 256 g/mol. The van der Waals surface area contributed by atoms with Gasteiger partial charge in [0.25, 0.3) is 0 Å². The summed E-state index contributed by atoms with van der Waals surface area (Å²) in [5.74, 6) is 0.436. The maximum absolute atomic E-state index is 10.2. The number of hydrogen-bond donors (Lipinski definition) is 1. The molecule has 0 aliphatic heterocycles. The van der Waals surface area contributed by atoms with Crippen molar-refractivity contribution in [2.24, 2.45) is 0 Å². The predicted octanol–water partition coefficient (Wildman–Crippen LogP) is 1.86. The largest absolute Gasteiger partial charge is 0.466 e. The van der Waals surface area contributed by atoms with Gasteiger partial charge in [0.15, 0.2) is 6.10 Å². The van der Waals surface area contributed by atoms with E-state index in [9.17, 15) is 5.11 Å². The minimum Gasteiger partial charge on any atom is -0.466 e. The lowest BCUT2D eigenvalue weighted by molar-refractivity contribution is 0.161. The molecule has 0 bridgehead atoms. The molecule has 17 heavy (non-hydrogen) atoms. The summed E-state index contributed by atoms with van der Waals surface area (Å²) in [6, 6.07) is 3.40. The zero-order valence-corrected chi connectivity index (χ0v) is 10.1. The molecule has 2 aromatic rings. The molecule has 0 aliphatic carbocycles. The average molecular weight is 257 g/mol. The van der Waals surface area contributed by atoms with Crippen molar-refractivity contribution in [1.82, 2.24) is 9.78 Å². The highest BCUT2D eigenvalue weighted by Crippen LogP contribution is 2.28. The number of nitrogens with zero attached hydrogens (tertiary/aromatic N) is 2. The number of ether oxygens (including phenoxy) is 1. The van der Waals surface area contributed by atoms with Gasteiger partial charge in [-0.1, -0.05) is 11.6 Å². The van der Waals surface area contributed by atoms with Crippen LogP contribution in [-0.2, 0) is 11.3 Å². The van der Waals surface area contributed by atoms with Crippen molar-refractivity contribution in [3.63, 3.8) is 0 Å². The summed E-state index contributed by atoms with van der Waals surface area (Å²) in [7, 11) is 1.60. The summed E-state index contributed by atoms with van der Waals surface area (Å²) in [5.41, 5.74) is 0.513. The predicted molar refractivity (Wildman–Crippen MR) is 61.9 cm³/mol. The van der Waals surface area contributed by atoms with Gasteiger partial charge in [0.1, 0.15) is 5.76 Å². The van der Waals surface area contributed by atoms with E-state index in [4.69, 9.17) is 20.8 Å². The van der Waals surface area contributed by atoms with Gasteiger partial charge in [0.2, 0.25) is 0 Å². The molecule has 0 saturated heterocycles. The first-order valence-corrected chi connectivity index (χ1v) is 5.53. The van der Waals surface area contributed by atoms with Gasteiger partial charge in [0.05, 0.1) is 36.3 Å². The highest BCUT2D eigenvalue weighted by molar-refractivity contribution is 6.31. The summed E-state index contributed by atoms with van der Waals surface area (Å²) in [5, 5.41) is 14.6. The molecule has 92 valence electrons.